The second kappa shape index (κ2) is 11.3. The number of aromatic carboxylic acids is 1. The third kappa shape index (κ3) is 5.94. The van der Waals surface area contributed by atoms with E-state index in [0.717, 1.165) is 24.4 Å². The number of amides is 2. The summed E-state index contributed by atoms with van der Waals surface area (Å²) in [6.45, 7) is 0.376. The molecule has 4 aromatic rings. The van der Waals surface area contributed by atoms with E-state index in [4.69, 9.17) is 10.8 Å². The molecule has 3 heterocycles. The van der Waals surface area contributed by atoms with Crippen molar-refractivity contribution in [3.05, 3.63) is 82.7 Å². The SMILES string of the molecule is Nc1nc(C(=O)N2[C@H](CNC(=O)c3ccccc3)C[C@@H]3C[C@@H]32)c(-c2cccc(F)c2)s1.O=C(O)c1cnns1. The number of halogens is 1. The third-order valence-electron chi connectivity index (χ3n) is 6.48. The van der Waals surface area contributed by atoms with Crippen LogP contribution >= 0.6 is 22.9 Å². The lowest BCUT2D eigenvalue weighted by Gasteiger charge is -2.27. The van der Waals surface area contributed by atoms with Crippen LogP contribution in [-0.4, -0.2) is 61.0 Å². The normalized spacial score (nSPS) is 19.0. The van der Waals surface area contributed by atoms with E-state index in [1.807, 2.05) is 23.1 Å². The molecule has 4 N–H and O–H groups in total. The van der Waals surface area contributed by atoms with Gasteiger partial charge in [-0.1, -0.05) is 46.2 Å². The minimum atomic E-state index is -0.972. The fraction of sp³-hybridized carbons (Fsp3) is 0.231. The van der Waals surface area contributed by atoms with Gasteiger partial charge in [-0.05, 0) is 60.1 Å². The van der Waals surface area contributed by atoms with Gasteiger partial charge in [-0.25, -0.2) is 14.2 Å². The van der Waals surface area contributed by atoms with Crippen molar-refractivity contribution in [2.45, 2.75) is 24.9 Å². The Morgan fingerprint density at radius 2 is 1.92 bits per heavy atom. The quantitative estimate of drug-likeness (QED) is 0.319. The molecule has 6 rings (SSSR count). The van der Waals surface area contributed by atoms with Crippen LogP contribution in [0.25, 0.3) is 10.4 Å². The number of nitrogens with two attached hydrogens (primary N) is 1. The van der Waals surface area contributed by atoms with E-state index < -0.39 is 5.97 Å². The molecule has 1 saturated carbocycles. The molecule has 0 radical (unpaired) electrons. The van der Waals surface area contributed by atoms with Crippen molar-refractivity contribution in [1.82, 2.24) is 24.8 Å². The summed E-state index contributed by atoms with van der Waals surface area (Å²) < 4.78 is 17.1. The second-order valence-electron chi connectivity index (χ2n) is 9.07. The summed E-state index contributed by atoms with van der Waals surface area (Å²) in [4.78, 5) is 42.8. The number of nitrogen functional groups attached to an aromatic ring is 1. The molecule has 0 bridgehead atoms. The van der Waals surface area contributed by atoms with Crippen LogP contribution < -0.4 is 11.1 Å². The van der Waals surface area contributed by atoms with Crippen LogP contribution in [-0.2, 0) is 0 Å². The van der Waals surface area contributed by atoms with Crippen molar-refractivity contribution in [1.29, 1.82) is 0 Å². The number of carboxylic acids is 1. The van der Waals surface area contributed by atoms with Gasteiger partial charge in [0.15, 0.2) is 10.0 Å². The molecule has 39 heavy (non-hydrogen) atoms. The number of thiazole rings is 1. The molecule has 2 aromatic heterocycles. The van der Waals surface area contributed by atoms with Gasteiger partial charge in [0.25, 0.3) is 11.8 Å². The van der Waals surface area contributed by atoms with Gasteiger partial charge >= 0.3 is 5.97 Å². The molecule has 200 valence electrons. The second-order valence-corrected chi connectivity index (χ2v) is 10.9. The van der Waals surface area contributed by atoms with Crippen LogP contribution in [0.3, 0.4) is 0 Å². The number of hydrogen-bond donors (Lipinski definition) is 3. The summed E-state index contributed by atoms with van der Waals surface area (Å²) in [5, 5.41) is 14.8. The van der Waals surface area contributed by atoms with E-state index in [9.17, 15) is 18.8 Å². The minimum Gasteiger partial charge on any atom is -0.477 e. The third-order valence-corrected chi connectivity index (χ3v) is 8.07. The molecule has 2 amide bonds. The van der Waals surface area contributed by atoms with E-state index in [-0.39, 0.29) is 45.4 Å². The van der Waals surface area contributed by atoms with Gasteiger partial charge in [0.05, 0.1) is 17.1 Å². The van der Waals surface area contributed by atoms with Crippen LogP contribution in [0.15, 0.2) is 60.8 Å². The van der Waals surface area contributed by atoms with E-state index in [0.29, 0.717) is 28.5 Å². The van der Waals surface area contributed by atoms with Crippen LogP contribution in [0.1, 0.15) is 43.4 Å². The molecule has 0 unspecified atom stereocenters. The monoisotopic (exact) mass is 566 g/mol. The Bertz CT molecular complexity index is 1500. The molecule has 2 fully saturated rings. The lowest BCUT2D eigenvalue weighted by Crippen LogP contribution is -2.45. The lowest BCUT2D eigenvalue weighted by molar-refractivity contribution is 0.0682. The van der Waals surface area contributed by atoms with Gasteiger partial charge in [0.1, 0.15) is 11.5 Å². The first kappa shape index (κ1) is 26.4. The molecule has 1 aliphatic carbocycles. The summed E-state index contributed by atoms with van der Waals surface area (Å²) in [5.74, 6) is -1.27. The number of hydrogen-bond acceptors (Lipinski definition) is 9. The number of rotatable bonds is 6. The molecular weight excluding hydrogens is 543 g/mol. The Labute approximate surface area is 230 Å². The number of piperidine rings is 1. The number of nitrogens with zero attached hydrogens (tertiary/aromatic N) is 4. The standard InChI is InChI=1S/C23H21FN4O2S.C3H2N2O2S/c24-16-8-4-7-14(9-16)20-19(27-23(25)31-20)22(30)28-17(10-15-11-18(15)28)12-26-21(29)13-5-2-1-3-6-13;6-3(7)2-1-4-5-8-2/h1-9,15,17-18H,10-12H2,(H2,25,27)(H,26,29);1H,(H,6,7)/t15-,17+,18+;/m1./s1. The van der Waals surface area contributed by atoms with Crippen LogP contribution in [0, 0.1) is 11.7 Å². The molecule has 13 heteroatoms. The fourth-order valence-electron chi connectivity index (χ4n) is 4.65. The molecule has 2 aromatic carbocycles. The average molecular weight is 567 g/mol. The maximum Gasteiger partial charge on any atom is 0.349 e. The van der Waals surface area contributed by atoms with E-state index in [2.05, 4.69) is 19.9 Å². The number of nitrogens with one attached hydrogen (secondary N) is 1. The highest BCUT2D eigenvalue weighted by Crippen LogP contribution is 2.49. The lowest BCUT2D eigenvalue weighted by atomic mass is 10.1. The van der Waals surface area contributed by atoms with E-state index in [1.54, 1.807) is 24.3 Å². The summed E-state index contributed by atoms with van der Waals surface area (Å²) in [6, 6.07) is 15.1. The first-order valence-electron chi connectivity index (χ1n) is 12.0. The maximum atomic E-state index is 13.8. The average Bonchev–Trinajstić information content (AvgIpc) is 3.31. The number of benzene rings is 2. The first-order chi connectivity index (χ1) is 18.8. The summed E-state index contributed by atoms with van der Waals surface area (Å²) in [7, 11) is 0. The van der Waals surface area contributed by atoms with Gasteiger partial charge in [-0.15, -0.1) is 5.10 Å². The van der Waals surface area contributed by atoms with Crippen molar-refractivity contribution < 1.29 is 23.9 Å². The van der Waals surface area contributed by atoms with Gasteiger partial charge in [-0.2, -0.15) is 0 Å². The zero-order chi connectivity index (χ0) is 27.5. The number of carbonyl (C=O) groups excluding carboxylic acids is 2. The number of carbonyl (C=O) groups is 3. The molecule has 3 atom stereocenters. The Hall–Kier alpha value is -4.23. The van der Waals surface area contributed by atoms with Crippen molar-refractivity contribution in [3.8, 4) is 10.4 Å². The minimum absolute atomic E-state index is 0.104. The summed E-state index contributed by atoms with van der Waals surface area (Å²) >= 11 is 2.05. The number of carboxylic acid groups (broad SMARTS) is 1. The summed E-state index contributed by atoms with van der Waals surface area (Å²) in [6.07, 6.45) is 3.02. The Morgan fingerprint density at radius 1 is 1.13 bits per heavy atom. The van der Waals surface area contributed by atoms with Crippen LogP contribution in [0.4, 0.5) is 9.52 Å². The van der Waals surface area contributed by atoms with Gasteiger partial charge in [0.2, 0.25) is 0 Å². The number of likely N-dealkylation sites (tertiary alicyclic amines) is 1. The van der Waals surface area contributed by atoms with Crippen molar-refractivity contribution in [2.24, 2.45) is 5.92 Å². The van der Waals surface area contributed by atoms with Crippen molar-refractivity contribution >= 4 is 45.8 Å². The molecule has 1 aliphatic heterocycles. The van der Waals surface area contributed by atoms with Gasteiger partial charge in [-0.3, -0.25) is 9.59 Å². The van der Waals surface area contributed by atoms with E-state index in [1.165, 1.54) is 29.7 Å². The topological polar surface area (TPSA) is 151 Å². The highest BCUT2D eigenvalue weighted by atomic mass is 32.1. The smallest absolute Gasteiger partial charge is 0.349 e. The predicted molar refractivity (Wildman–Crippen MR) is 144 cm³/mol. The fourth-order valence-corrected chi connectivity index (χ4v) is 5.83. The number of fused-ring (bicyclic) bond motifs is 1. The van der Waals surface area contributed by atoms with Crippen LogP contribution in [0.2, 0.25) is 0 Å². The van der Waals surface area contributed by atoms with Crippen molar-refractivity contribution in [2.75, 3.05) is 12.3 Å². The Kier molecular flexibility index (Phi) is 7.61. The molecule has 1 saturated heterocycles. The number of anilines is 1. The zero-order valence-electron chi connectivity index (χ0n) is 20.4. The highest BCUT2D eigenvalue weighted by Gasteiger charge is 2.54. The zero-order valence-corrected chi connectivity index (χ0v) is 22.0. The van der Waals surface area contributed by atoms with E-state index >= 15 is 0 Å². The summed E-state index contributed by atoms with van der Waals surface area (Å²) in [5.41, 5.74) is 7.34. The molecule has 0 spiro atoms. The predicted octanol–water partition coefficient (Wildman–Crippen LogP) is 3.80. The van der Waals surface area contributed by atoms with Gasteiger partial charge in [0, 0.05) is 18.2 Å². The van der Waals surface area contributed by atoms with Gasteiger partial charge < -0.3 is 21.1 Å². The largest absolute Gasteiger partial charge is 0.477 e. The Morgan fingerprint density at radius 3 is 2.59 bits per heavy atom. The number of aromatic nitrogens is 3. The maximum absolute atomic E-state index is 13.8. The first-order valence-corrected chi connectivity index (χ1v) is 13.6. The molecular formula is C26H23FN6O4S2. The Balaban J connectivity index is 0.000000332. The molecule has 10 nitrogen and oxygen atoms in total. The van der Waals surface area contributed by atoms with Crippen LogP contribution in [0.5, 0.6) is 0 Å². The highest BCUT2D eigenvalue weighted by molar-refractivity contribution is 7.19. The molecule has 2 aliphatic rings. The van der Waals surface area contributed by atoms with Crippen molar-refractivity contribution in [3.63, 3.8) is 0 Å².